The molecule has 2 unspecified atom stereocenters. The molecule has 1 saturated heterocycles. The van der Waals surface area contributed by atoms with Crippen molar-refractivity contribution in [1.82, 2.24) is 4.90 Å². The first-order valence-corrected chi connectivity index (χ1v) is 6.72. The quantitative estimate of drug-likeness (QED) is 0.928. The molecule has 1 fully saturated rings. The lowest BCUT2D eigenvalue weighted by molar-refractivity contribution is -0.144. The van der Waals surface area contributed by atoms with E-state index in [1.54, 1.807) is 12.1 Å². The second-order valence-electron chi connectivity index (χ2n) is 5.31. The Labute approximate surface area is 117 Å². The van der Waals surface area contributed by atoms with Gasteiger partial charge in [-0.05, 0) is 24.5 Å². The third-order valence-corrected chi connectivity index (χ3v) is 3.73. The van der Waals surface area contributed by atoms with Crippen molar-refractivity contribution in [1.29, 1.82) is 0 Å². The summed E-state index contributed by atoms with van der Waals surface area (Å²) in [7, 11) is 0. The van der Waals surface area contributed by atoms with Crippen molar-refractivity contribution < 1.29 is 14.3 Å². The summed E-state index contributed by atoms with van der Waals surface area (Å²) in [6.45, 7) is 3.73. The van der Waals surface area contributed by atoms with Gasteiger partial charge in [0.25, 0.3) is 0 Å². The van der Waals surface area contributed by atoms with E-state index < -0.39 is 5.97 Å². The van der Waals surface area contributed by atoms with E-state index in [-0.39, 0.29) is 11.7 Å². The number of hydrogen-bond donors (Lipinski definition) is 1. The molecule has 19 heavy (non-hydrogen) atoms. The minimum absolute atomic E-state index is 0.310. The fourth-order valence-corrected chi connectivity index (χ4v) is 2.82. The number of benzene rings is 1. The molecule has 1 N–H and O–H groups in total. The Hall–Kier alpha value is -1.13. The summed E-state index contributed by atoms with van der Waals surface area (Å²) >= 11 is 5.72. The molecule has 0 saturated carbocycles. The van der Waals surface area contributed by atoms with Crippen molar-refractivity contribution in [2.24, 2.45) is 11.8 Å². The molecule has 2 atom stereocenters. The van der Waals surface area contributed by atoms with E-state index in [1.165, 1.54) is 6.07 Å². The molecule has 0 amide bonds. The standard InChI is InChI=1S/C14H17ClFNO2/c1-9-4-11(14(18)19)8-17(6-9)7-10-2-3-12(15)5-13(10)16/h2-3,5,9,11H,4,6-8H2,1H3,(H,18,19). The lowest BCUT2D eigenvalue weighted by atomic mass is 9.90. The molecule has 0 aliphatic carbocycles. The van der Waals surface area contributed by atoms with Gasteiger partial charge in [0, 0.05) is 30.2 Å². The van der Waals surface area contributed by atoms with Crippen molar-refractivity contribution in [2.75, 3.05) is 13.1 Å². The first-order chi connectivity index (χ1) is 8.95. The van der Waals surface area contributed by atoms with Crippen molar-refractivity contribution in [2.45, 2.75) is 19.9 Å². The Bertz CT molecular complexity index is 481. The van der Waals surface area contributed by atoms with E-state index in [9.17, 15) is 9.18 Å². The topological polar surface area (TPSA) is 40.5 Å². The zero-order valence-corrected chi connectivity index (χ0v) is 11.5. The highest BCUT2D eigenvalue weighted by Gasteiger charge is 2.29. The van der Waals surface area contributed by atoms with Crippen molar-refractivity contribution in [3.05, 3.63) is 34.6 Å². The second kappa shape index (κ2) is 5.88. The molecule has 0 bridgehead atoms. The second-order valence-corrected chi connectivity index (χ2v) is 5.74. The Balaban J connectivity index is 2.07. The molecule has 5 heteroatoms. The highest BCUT2D eigenvalue weighted by Crippen LogP contribution is 2.24. The van der Waals surface area contributed by atoms with Crippen LogP contribution in [-0.2, 0) is 11.3 Å². The number of hydrogen-bond acceptors (Lipinski definition) is 2. The summed E-state index contributed by atoms with van der Waals surface area (Å²) in [6, 6.07) is 4.60. The molecule has 1 heterocycles. The average molecular weight is 286 g/mol. The zero-order valence-electron chi connectivity index (χ0n) is 10.8. The number of rotatable bonds is 3. The van der Waals surface area contributed by atoms with E-state index in [0.29, 0.717) is 36.0 Å². The van der Waals surface area contributed by atoms with Gasteiger partial charge < -0.3 is 5.11 Å². The summed E-state index contributed by atoms with van der Waals surface area (Å²) in [4.78, 5) is 13.1. The van der Waals surface area contributed by atoms with Gasteiger partial charge in [-0.15, -0.1) is 0 Å². The Morgan fingerprint density at radius 2 is 2.26 bits per heavy atom. The lowest BCUT2D eigenvalue weighted by Gasteiger charge is -2.34. The monoisotopic (exact) mass is 285 g/mol. The van der Waals surface area contributed by atoms with E-state index in [0.717, 1.165) is 6.54 Å². The number of likely N-dealkylation sites (tertiary alicyclic amines) is 1. The van der Waals surface area contributed by atoms with Gasteiger partial charge >= 0.3 is 5.97 Å². The van der Waals surface area contributed by atoms with E-state index in [2.05, 4.69) is 0 Å². The zero-order chi connectivity index (χ0) is 14.0. The number of carboxylic acids is 1. The van der Waals surface area contributed by atoms with E-state index in [4.69, 9.17) is 16.7 Å². The molecule has 1 aliphatic rings. The van der Waals surface area contributed by atoms with Crippen LogP contribution >= 0.6 is 11.6 Å². The summed E-state index contributed by atoms with van der Waals surface area (Å²) in [5.41, 5.74) is 0.558. The molecule has 0 radical (unpaired) electrons. The first-order valence-electron chi connectivity index (χ1n) is 6.34. The summed E-state index contributed by atoms with van der Waals surface area (Å²) in [6.07, 6.45) is 0.689. The van der Waals surface area contributed by atoms with Crippen LogP contribution in [0.1, 0.15) is 18.9 Å². The molecule has 2 rings (SSSR count). The minimum Gasteiger partial charge on any atom is -0.481 e. The van der Waals surface area contributed by atoms with Crippen LogP contribution in [0.2, 0.25) is 5.02 Å². The fraction of sp³-hybridized carbons (Fsp3) is 0.500. The maximum absolute atomic E-state index is 13.7. The van der Waals surface area contributed by atoms with Gasteiger partial charge in [0.15, 0.2) is 0 Å². The largest absolute Gasteiger partial charge is 0.481 e. The Morgan fingerprint density at radius 3 is 2.89 bits per heavy atom. The summed E-state index contributed by atoms with van der Waals surface area (Å²) < 4.78 is 13.7. The third kappa shape index (κ3) is 3.67. The van der Waals surface area contributed by atoms with Crippen molar-refractivity contribution >= 4 is 17.6 Å². The van der Waals surface area contributed by atoms with E-state index >= 15 is 0 Å². The molecule has 0 spiro atoms. The van der Waals surface area contributed by atoms with Gasteiger partial charge in [0.05, 0.1) is 5.92 Å². The van der Waals surface area contributed by atoms with E-state index in [1.807, 2.05) is 11.8 Å². The SMILES string of the molecule is CC1CC(C(=O)O)CN(Cc2ccc(Cl)cc2F)C1. The van der Waals surface area contributed by atoms with Gasteiger partial charge in [-0.1, -0.05) is 24.6 Å². The fourth-order valence-electron chi connectivity index (χ4n) is 2.66. The van der Waals surface area contributed by atoms with Crippen molar-refractivity contribution in [3.8, 4) is 0 Å². The highest BCUT2D eigenvalue weighted by molar-refractivity contribution is 6.30. The number of carboxylic acid groups (broad SMARTS) is 1. The number of piperidine rings is 1. The predicted molar refractivity (Wildman–Crippen MR) is 71.6 cm³/mol. The van der Waals surface area contributed by atoms with Crippen LogP contribution in [0.3, 0.4) is 0 Å². The normalized spacial score (nSPS) is 24.4. The predicted octanol–water partition coefficient (Wildman–Crippen LogP) is 3.02. The maximum Gasteiger partial charge on any atom is 0.307 e. The first kappa shape index (κ1) is 14.3. The van der Waals surface area contributed by atoms with Gasteiger partial charge in [-0.25, -0.2) is 4.39 Å². The van der Waals surface area contributed by atoms with Crippen molar-refractivity contribution in [3.63, 3.8) is 0 Å². The number of nitrogens with zero attached hydrogens (tertiary/aromatic N) is 1. The number of aliphatic carboxylic acids is 1. The summed E-state index contributed by atoms with van der Waals surface area (Å²) in [5.74, 6) is -1.16. The molecular weight excluding hydrogens is 269 g/mol. The highest BCUT2D eigenvalue weighted by atomic mass is 35.5. The third-order valence-electron chi connectivity index (χ3n) is 3.49. The van der Waals surface area contributed by atoms with Crippen LogP contribution in [0.25, 0.3) is 0 Å². The van der Waals surface area contributed by atoms with Crippen LogP contribution in [0.15, 0.2) is 18.2 Å². The maximum atomic E-state index is 13.7. The van der Waals surface area contributed by atoms with Gasteiger partial charge in [-0.3, -0.25) is 9.69 Å². The van der Waals surface area contributed by atoms with Crippen LogP contribution in [0.4, 0.5) is 4.39 Å². The number of halogens is 2. The number of carbonyl (C=O) groups is 1. The lowest BCUT2D eigenvalue weighted by Crippen LogP contribution is -2.42. The summed E-state index contributed by atoms with van der Waals surface area (Å²) in [5, 5.41) is 9.48. The molecule has 1 aromatic carbocycles. The minimum atomic E-state index is -0.770. The Morgan fingerprint density at radius 1 is 1.53 bits per heavy atom. The van der Waals surface area contributed by atoms with Gasteiger partial charge in [-0.2, -0.15) is 0 Å². The van der Waals surface area contributed by atoms with Gasteiger partial charge in [0.1, 0.15) is 5.82 Å². The molecule has 104 valence electrons. The molecule has 3 nitrogen and oxygen atoms in total. The van der Waals surface area contributed by atoms with Gasteiger partial charge in [0.2, 0.25) is 0 Å². The van der Waals surface area contributed by atoms with Crippen LogP contribution in [0, 0.1) is 17.7 Å². The molecule has 0 aromatic heterocycles. The van der Waals surface area contributed by atoms with Crippen LogP contribution < -0.4 is 0 Å². The Kier molecular flexibility index (Phi) is 4.42. The average Bonchev–Trinajstić information content (AvgIpc) is 2.32. The van der Waals surface area contributed by atoms with Crippen LogP contribution in [-0.4, -0.2) is 29.1 Å². The van der Waals surface area contributed by atoms with Crippen LogP contribution in [0.5, 0.6) is 0 Å². The molecular formula is C14H17ClFNO2. The molecule has 1 aliphatic heterocycles. The molecule has 1 aromatic rings. The smallest absolute Gasteiger partial charge is 0.307 e.